The van der Waals surface area contributed by atoms with Gasteiger partial charge in [0, 0.05) is 12.8 Å². The summed E-state index contributed by atoms with van der Waals surface area (Å²) in [6, 6.07) is 0. The molecular formula is C42H80ClNO4. The molecule has 0 unspecified atom stereocenters. The van der Waals surface area contributed by atoms with Crippen LogP contribution in [0, 0.1) is 0 Å². The lowest BCUT2D eigenvalue weighted by atomic mass is 10.1. The second-order valence-electron chi connectivity index (χ2n) is 14.5. The van der Waals surface area contributed by atoms with Crippen LogP contribution in [-0.2, 0) is 19.1 Å². The highest BCUT2D eigenvalue weighted by Gasteiger charge is 2.34. The van der Waals surface area contributed by atoms with Gasteiger partial charge in [-0.2, -0.15) is 0 Å². The average Bonchev–Trinajstić information content (AvgIpc) is 3.04. The Balaban J connectivity index is 0. The number of hydrogen-bond acceptors (Lipinski definition) is 4. The molecule has 0 bridgehead atoms. The molecule has 0 aliphatic rings. The van der Waals surface area contributed by atoms with Gasteiger partial charge in [0.05, 0.1) is 20.6 Å². The van der Waals surface area contributed by atoms with Crippen LogP contribution in [-0.4, -0.2) is 43.5 Å². The van der Waals surface area contributed by atoms with Crippen LogP contribution in [0.25, 0.3) is 0 Å². The maximum absolute atomic E-state index is 12.7. The highest BCUT2D eigenvalue weighted by molar-refractivity contribution is 5.71. The first kappa shape index (κ1) is 48.8. The number of hydrogen-bond donors (Lipinski definition) is 0. The quantitative estimate of drug-likeness (QED) is 0.0218. The summed E-state index contributed by atoms with van der Waals surface area (Å²) >= 11 is 0. The summed E-state index contributed by atoms with van der Waals surface area (Å²) in [6.45, 7) is 7.40. The molecule has 0 aromatic rings. The molecule has 0 saturated carbocycles. The monoisotopic (exact) mass is 698 g/mol. The maximum Gasteiger partial charge on any atom is 0.398 e. The Morgan fingerprint density at radius 3 is 1.06 bits per heavy atom. The molecule has 0 rings (SSSR count). The van der Waals surface area contributed by atoms with Crippen LogP contribution in [0.3, 0.4) is 0 Å². The van der Waals surface area contributed by atoms with E-state index in [1.54, 1.807) is 0 Å². The smallest absolute Gasteiger partial charge is 0.398 e. The minimum atomic E-state index is -0.874. The second-order valence-corrected chi connectivity index (χ2v) is 14.5. The van der Waals surface area contributed by atoms with Gasteiger partial charge in [-0.05, 0) is 70.6 Å². The van der Waals surface area contributed by atoms with Crippen molar-refractivity contribution < 1.29 is 36.0 Å². The molecule has 6 heteroatoms. The summed E-state index contributed by atoms with van der Waals surface area (Å²) in [5.41, 5.74) is 0. The molecule has 0 fully saturated rings. The third kappa shape index (κ3) is 33.2. The van der Waals surface area contributed by atoms with Crippen molar-refractivity contribution in [3.05, 3.63) is 24.3 Å². The molecule has 0 N–H and O–H groups in total. The summed E-state index contributed by atoms with van der Waals surface area (Å²) in [5.74, 6) is -0.521. The molecule has 5 nitrogen and oxygen atoms in total. The molecule has 48 heavy (non-hydrogen) atoms. The van der Waals surface area contributed by atoms with Crippen LogP contribution in [0.4, 0.5) is 0 Å². The molecule has 0 spiro atoms. The Labute approximate surface area is 305 Å². The van der Waals surface area contributed by atoms with Gasteiger partial charge < -0.3 is 21.9 Å². The van der Waals surface area contributed by atoms with E-state index in [-0.39, 0.29) is 24.3 Å². The van der Waals surface area contributed by atoms with Gasteiger partial charge >= 0.3 is 18.4 Å². The van der Waals surface area contributed by atoms with Crippen molar-refractivity contribution in [3.8, 4) is 0 Å². The van der Waals surface area contributed by atoms with E-state index in [0.29, 0.717) is 17.3 Å². The fourth-order valence-electron chi connectivity index (χ4n) is 6.01. The lowest BCUT2D eigenvalue weighted by molar-refractivity contribution is -0.956. The van der Waals surface area contributed by atoms with Gasteiger partial charge in [-0.1, -0.05) is 148 Å². The average molecular weight is 699 g/mol. The summed E-state index contributed by atoms with van der Waals surface area (Å²) in [5, 5.41) is 0. The van der Waals surface area contributed by atoms with Crippen LogP contribution in [0.15, 0.2) is 24.3 Å². The third-order valence-corrected chi connectivity index (χ3v) is 9.12. The largest absolute Gasteiger partial charge is 1.00 e. The molecule has 0 saturated heterocycles. The molecule has 284 valence electrons. The second kappa shape index (κ2) is 36.9. The van der Waals surface area contributed by atoms with Crippen molar-refractivity contribution in [2.45, 2.75) is 213 Å². The first-order valence-corrected chi connectivity index (χ1v) is 20.4. The van der Waals surface area contributed by atoms with Crippen molar-refractivity contribution in [2.75, 3.05) is 20.6 Å². The Morgan fingerprint density at radius 1 is 0.458 bits per heavy atom. The Morgan fingerprint density at radius 2 is 0.750 bits per heavy atom. The summed E-state index contributed by atoms with van der Waals surface area (Å²) < 4.78 is 11.9. The van der Waals surface area contributed by atoms with E-state index >= 15 is 0 Å². The van der Waals surface area contributed by atoms with Crippen molar-refractivity contribution in [3.63, 3.8) is 0 Å². The Bertz CT molecular complexity index is 713. The van der Waals surface area contributed by atoms with Gasteiger partial charge in [-0.3, -0.25) is 14.1 Å². The zero-order valence-electron chi connectivity index (χ0n) is 32.6. The van der Waals surface area contributed by atoms with E-state index in [0.717, 1.165) is 64.3 Å². The number of allylic oxidation sites excluding steroid dienone is 4. The third-order valence-electron chi connectivity index (χ3n) is 9.12. The summed E-state index contributed by atoms with van der Waals surface area (Å²) in [4.78, 5) is 25.4. The number of carbonyl (C=O) groups is 2. The molecule has 0 heterocycles. The number of halogens is 1. The minimum Gasteiger partial charge on any atom is -1.00 e. The molecule has 0 aliphatic heterocycles. The minimum absolute atomic E-state index is 0. The van der Waals surface area contributed by atoms with Gasteiger partial charge in [-0.25, -0.2) is 0 Å². The van der Waals surface area contributed by atoms with Gasteiger partial charge in [0.2, 0.25) is 0 Å². The molecule has 0 aromatic heterocycles. The zero-order chi connectivity index (χ0) is 34.7. The Hall–Kier alpha value is -1.33. The predicted octanol–water partition coefficient (Wildman–Crippen LogP) is 9.92. The highest BCUT2D eigenvalue weighted by atomic mass is 35.5. The molecule has 0 radical (unpaired) electrons. The lowest BCUT2D eigenvalue weighted by Gasteiger charge is -2.35. The number of nitrogens with zero attached hydrogens (tertiary/aromatic N) is 1. The van der Waals surface area contributed by atoms with Gasteiger partial charge in [0.25, 0.3) is 0 Å². The number of rotatable bonds is 35. The van der Waals surface area contributed by atoms with Crippen LogP contribution in [0.1, 0.15) is 207 Å². The van der Waals surface area contributed by atoms with Crippen LogP contribution in [0.5, 0.6) is 0 Å². The van der Waals surface area contributed by atoms with Crippen molar-refractivity contribution in [2.24, 2.45) is 0 Å². The fourth-order valence-corrected chi connectivity index (χ4v) is 6.01. The summed E-state index contributed by atoms with van der Waals surface area (Å²) in [6.07, 6.45) is 42.1. The summed E-state index contributed by atoms with van der Waals surface area (Å²) in [7, 11) is 3.94. The lowest BCUT2D eigenvalue weighted by Crippen LogP contribution is -3.00. The van der Waals surface area contributed by atoms with E-state index < -0.39 is 6.41 Å². The van der Waals surface area contributed by atoms with Crippen molar-refractivity contribution in [1.82, 2.24) is 0 Å². The molecule has 0 atom stereocenters. The van der Waals surface area contributed by atoms with E-state index in [1.165, 1.54) is 116 Å². The predicted molar refractivity (Wildman–Crippen MR) is 202 cm³/mol. The maximum atomic E-state index is 12.7. The first-order chi connectivity index (χ1) is 22.9. The number of ether oxygens (including phenoxy) is 2. The van der Waals surface area contributed by atoms with E-state index in [2.05, 4.69) is 45.1 Å². The fraction of sp³-hybridized carbons (Fsp3) is 0.857. The number of quaternary nitrogens is 1. The standard InChI is InChI=1S/C42H80NO4.ClH/c1-6-9-11-13-15-17-19-21-23-25-27-29-31-33-35-37-40(44)46-42(43(4,5)39-8-3)47-41(45)38-36-34-32-30-28-26-24-22-20-18-16-14-12-10-7-2;/h21-24,42H,6-20,25-39H2,1-5H3;1H/q+1;/p-1. The number of carbonyl (C=O) groups excluding carboxylic acids is 2. The topological polar surface area (TPSA) is 52.6 Å². The van der Waals surface area contributed by atoms with Gasteiger partial charge in [-0.15, -0.1) is 0 Å². The van der Waals surface area contributed by atoms with Crippen LogP contribution >= 0.6 is 0 Å². The Kier molecular flexibility index (Phi) is 37.5. The van der Waals surface area contributed by atoms with Gasteiger partial charge in [0.1, 0.15) is 0 Å². The van der Waals surface area contributed by atoms with E-state index in [1.807, 2.05) is 14.1 Å². The van der Waals surface area contributed by atoms with E-state index in [4.69, 9.17) is 9.47 Å². The van der Waals surface area contributed by atoms with Crippen molar-refractivity contribution >= 4 is 11.9 Å². The highest BCUT2D eigenvalue weighted by Crippen LogP contribution is 2.17. The van der Waals surface area contributed by atoms with Gasteiger partial charge in [0.15, 0.2) is 0 Å². The molecule has 0 amide bonds. The van der Waals surface area contributed by atoms with E-state index in [9.17, 15) is 9.59 Å². The molecule has 0 aliphatic carbocycles. The van der Waals surface area contributed by atoms with Crippen LogP contribution in [0.2, 0.25) is 0 Å². The van der Waals surface area contributed by atoms with Crippen LogP contribution < -0.4 is 12.4 Å². The molecular weight excluding hydrogens is 618 g/mol. The first-order valence-electron chi connectivity index (χ1n) is 20.4. The normalized spacial score (nSPS) is 12.4. The zero-order valence-corrected chi connectivity index (χ0v) is 33.3. The SMILES string of the molecule is CCCCCCCCC=CCCCCCCCC(=O)OC(OC(=O)CCCCCCCC=CCCCCCCCC)[N+](C)(C)CCC.[Cl-]. The number of unbranched alkanes of at least 4 members (excludes halogenated alkanes) is 22. The van der Waals surface area contributed by atoms with Crippen molar-refractivity contribution in [1.29, 1.82) is 0 Å². The number of esters is 2. The molecule has 0 aromatic carbocycles.